The van der Waals surface area contributed by atoms with Crippen LogP contribution in [-0.2, 0) is 15.1 Å². The number of carbonyl (C=O) groups is 1. The molecule has 6 heteroatoms. The lowest BCUT2D eigenvalue weighted by Crippen LogP contribution is -2.49. The molecule has 0 atom stereocenters. The summed E-state index contributed by atoms with van der Waals surface area (Å²) < 4.78 is 19.0. The molecule has 0 spiro atoms. The van der Waals surface area contributed by atoms with E-state index in [2.05, 4.69) is 5.32 Å². The second-order valence-electron chi connectivity index (χ2n) is 6.21. The number of amides is 1. The molecule has 1 fully saturated rings. The number of unbranched alkanes of at least 4 members (excludes halogenated alkanes) is 3. The Hall–Kier alpha value is -1.17. The van der Waals surface area contributed by atoms with Gasteiger partial charge in [0.2, 0.25) is 5.91 Å². The molecule has 1 aromatic carbocycles. The standard InChI is InChI=1S/C18H27FN2O2.ClH/c19-16-7-5-6-15(14-16)18(9-12-23-13-10-18)21-17(22)8-3-1-2-4-11-20;/h5-7,14H,1-4,8-13,20H2,(H,21,22);1H. The Morgan fingerprint density at radius 3 is 2.58 bits per heavy atom. The summed E-state index contributed by atoms with van der Waals surface area (Å²) in [6.45, 7) is 1.86. The van der Waals surface area contributed by atoms with Crippen LogP contribution in [-0.4, -0.2) is 25.7 Å². The van der Waals surface area contributed by atoms with Gasteiger partial charge in [0.05, 0.1) is 5.54 Å². The Labute approximate surface area is 149 Å². The summed E-state index contributed by atoms with van der Waals surface area (Å²) in [5, 5.41) is 3.16. The van der Waals surface area contributed by atoms with Gasteiger partial charge in [-0.2, -0.15) is 0 Å². The quantitative estimate of drug-likeness (QED) is 0.701. The van der Waals surface area contributed by atoms with Gasteiger partial charge in [-0.15, -0.1) is 12.4 Å². The highest BCUT2D eigenvalue weighted by atomic mass is 35.5. The molecule has 0 radical (unpaired) electrons. The van der Waals surface area contributed by atoms with Gasteiger partial charge < -0.3 is 15.8 Å². The first-order valence-corrected chi connectivity index (χ1v) is 8.51. The number of nitrogens with two attached hydrogens (primary N) is 1. The number of ether oxygens (including phenoxy) is 1. The van der Waals surface area contributed by atoms with Gasteiger partial charge in [-0.1, -0.05) is 25.0 Å². The van der Waals surface area contributed by atoms with E-state index >= 15 is 0 Å². The molecule has 1 saturated heterocycles. The number of hydrogen-bond acceptors (Lipinski definition) is 3. The van der Waals surface area contributed by atoms with Crippen LogP contribution in [0.5, 0.6) is 0 Å². The first-order chi connectivity index (χ1) is 11.2. The molecule has 0 unspecified atom stereocenters. The molecule has 4 nitrogen and oxygen atoms in total. The number of nitrogens with one attached hydrogen (secondary N) is 1. The summed E-state index contributed by atoms with van der Waals surface area (Å²) in [5.74, 6) is -0.242. The lowest BCUT2D eigenvalue weighted by atomic mass is 9.82. The summed E-state index contributed by atoms with van der Waals surface area (Å²) in [4.78, 5) is 12.3. The Balaban J connectivity index is 0.00000288. The number of carbonyl (C=O) groups excluding carboxylic acids is 1. The second-order valence-corrected chi connectivity index (χ2v) is 6.21. The van der Waals surface area contributed by atoms with Crippen LogP contribution in [0.4, 0.5) is 4.39 Å². The van der Waals surface area contributed by atoms with Gasteiger partial charge in [-0.25, -0.2) is 4.39 Å². The first kappa shape index (κ1) is 20.9. The molecular formula is C18H28ClFN2O2. The molecular weight excluding hydrogens is 331 g/mol. The Bertz CT molecular complexity index is 508. The van der Waals surface area contributed by atoms with Crippen LogP contribution in [0.3, 0.4) is 0 Å². The van der Waals surface area contributed by atoms with Crippen molar-refractivity contribution in [1.82, 2.24) is 5.32 Å². The maximum absolute atomic E-state index is 13.6. The minimum atomic E-state index is -0.505. The summed E-state index contributed by atoms with van der Waals surface area (Å²) >= 11 is 0. The molecule has 0 aromatic heterocycles. The van der Waals surface area contributed by atoms with Crippen LogP contribution in [0.25, 0.3) is 0 Å². The van der Waals surface area contributed by atoms with E-state index in [9.17, 15) is 9.18 Å². The van der Waals surface area contributed by atoms with Crippen molar-refractivity contribution in [2.45, 2.75) is 50.5 Å². The normalized spacial score (nSPS) is 16.2. The monoisotopic (exact) mass is 358 g/mol. The van der Waals surface area contributed by atoms with Gasteiger partial charge in [0, 0.05) is 19.6 Å². The third kappa shape index (κ3) is 6.04. The van der Waals surface area contributed by atoms with Gasteiger partial charge in [0.15, 0.2) is 0 Å². The molecule has 24 heavy (non-hydrogen) atoms. The van der Waals surface area contributed by atoms with Gasteiger partial charge in [-0.3, -0.25) is 4.79 Å². The fourth-order valence-electron chi connectivity index (χ4n) is 3.10. The van der Waals surface area contributed by atoms with E-state index in [1.54, 1.807) is 6.07 Å². The zero-order valence-corrected chi connectivity index (χ0v) is 14.9. The van der Waals surface area contributed by atoms with E-state index in [1.807, 2.05) is 6.07 Å². The molecule has 2 rings (SSSR count). The highest BCUT2D eigenvalue weighted by Crippen LogP contribution is 2.32. The Morgan fingerprint density at radius 1 is 1.21 bits per heavy atom. The molecule has 0 aliphatic carbocycles. The van der Waals surface area contributed by atoms with E-state index in [1.165, 1.54) is 12.1 Å². The van der Waals surface area contributed by atoms with E-state index in [0.29, 0.717) is 39.0 Å². The van der Waals surface area contributed by atoms with Crippen LogP contribution in [0.15, 0.2) is 24.3 Å². The molecule has 1 aromatic rings. The molecule has 0 saturated carbocycles. The summed E-state index contributed by atoms with van der Waals surface area (Å²) in [6.07, 6.45) is 5.80. The highest BCUT2D eigenvalue weighted by Gasteiger charge is 2.35. The van der Waals surface area contributed by atoms with Crippen LogP contribution < -0.4 is 11.1 Å². The largest absolute Gasteiger partial charge is 0.381 e. The Morgan fingerprint density at radius 2 is 1.92 bits per heavy atom. The first-order valence-electron chi connectivity index (χ1n) is 8.51. The SMILES string of the molecule is Cl.NCCCCCCC(=O)NC1(c2cccc(F)c2)CCOCC1. The maximum atomic E-state index is 13.6. The van der Waals surface area contributed by atoms with Crippen LogP contribution >= 0.6 is 12.4 Å². The minimum absolute atomic E-state index is 0. The molecule has 136 valence electrons. The van der Waals surface area contributed by atoms with Gasteiger partial charge >= 0.3 is 0 Å². The third-order valence-electron chi connectivity index (χ3n) is 4.46. The lowest BCUT2D eigenvalue weighted by molar-refractivity contribution is -0.124. The fourth-order valence-corrected chi connectivity index (χ4v) is 3.10. The van der Waals surface area contributed by atoms with Gasteiger partial charge in [0.1, 0.15) is 5.82 Å². The molecule has 1 aliphatic rings. The lowest BCUT2D eigenvalue weighted by Gasteiger charge is -2.38. The molecule has 1 heterocycles. The van der Waals surface area contributed by atoms with Crippen molar-refractivity contribution in [3.63, 3.8) is 0 Å². The van der Waals surface area contributed by atoms with Crippen molar-refractivity contribution >= 4 is 18.3 Å². The van der Waals surface area contributed by atoms with E-state index < -0.39 is 5.54 Å². The molecule has 3 N–H and O–H groups in total. The predicted octanol–water partition coefficient (Wildman–Crippen LogP) is 3.28. The average Bonchev–Trinajstić information content (AvgIpc) is 2.55. The van der Waals surface area contributed by atoms with Crippen molar-refractivity contribution in [2.75, 3.05) is 19.8 Å². The molecule has 1 amide bonds. The van der Waals surface area contributed by atoms with Crippen LogP contribution in [0, 0.1) is 5.82 Å². The number of hydrogen-bond donors (Lipinski definition) is 2. The second kappa shape index (κ2) is 10.6. The zero-order valence-electron chi connectivity index (χ0n) is 14.1. The van der Waals surface area contributed by atoms with E-state index in [4.69, 9.17) is 10.5 Å². The summed E-state index contributed by atoms with van der Waals surface area (Å²) in [7, 11) is 0. The maximum Gasteiger partial charge on any atom is 0.220 e. The van der Waals surface area contributed by atoms with Crippen molar-refractivity contribution in [1.29, 1.82) is 0 Å². The fraction of sp³-hybridized carbons (Fsp3) is 0.611. The van der Waals surface area contributed by atoms with Crippen molar-refractivity contribution in [2.24, 2.45) is 5.73 Å². The minimum Gasteiger partial charge on any atom is -0.381 e. The van der Waals surface area contributed by atoms with Gasteiger partial charge in [0.25, 0.3) is 0 Å². The topological polar surface area (TPSA) is 64.4 Å². The molecule has 1 aliphatic heterocycles. The highest BCUT2D eigenvalue weighted by molar-refractivity contribution is 5.85. The number of halogens is 2. The zero-order chi connectivity index (χ0) is 16.5. The van der Waals surface area contributed by atoms with Crippen LogP contribution in [0.2, 0.25) is 0 Å². The smallest absolute Gasteiger partial charge is 0.220 e. The van der Waals surface area contributed by atoms with Crippen molar-refractivity contribution in [3.8, 4) is 0 Å². The third-order valence-corrected chi connectivity index (χ3v) is 4.46. The summed E-state index contributed by atoms with van der Waals surface area (Å²) in [6, 6.07) is 6.53. The van der Waals surface area contributed by atoms with Crippen molar-refractivity contribution in [3.05, 3.63) is 35.6 Å². The predicted molar refractivity (Wildman–Crippen MR) is 95.7 cm³/mol. The summed E-state index contributed by atoms with van der Waals surface area (Å²) in [5.41, 5.74) is 5.79. The van der Waals surface area contributed by atoms with Crippen molar-refractivity contribution < 1.29 is 13.9 Å². The Kier molecular flexibility index (Phi) is 9.26. The number of benzene rings is 1. The number of rotatable bonds is 8. The average molecular weight is 359 g/mol. The molecule has 0 bridgehead atoms. The van der Waals surface area contributed by atoms with Gasteiger partial charge in [-0.05, 0) is 49.9 Å². The van der Waals surface area contributed by atoms with E-state index in [0.717, 1.165) is 31.2 Å². The van der Waals surface area contributed by atoms with Crippen LogP contribution in [0.1, 0.15) is 50.5 Å². The van der Waals surface area contributed by atoms with E-state index in [-0.39, 0.29) is 24.1 Å².